The van der Waals surface area contributed by atoms with Gasteiger partial charge < -0.3 is 20.1 Å². The second-order valence-electron chi connectivity index (χ2n) is 8.23. The zero-order chi connectivity index (χ0) is 20.1. The Morgan fingerprint density at radius 1 is 1.14 bits per heavy atom. The van der Waals surface area contributed by atoms with E-state index in [1.807, 2.05) is 13.0 Å². The van der Waals surface area contributed by atoms with Crippen LogP contribution in [0.1, 0.15) is 23.2 Å². The van der Waals surface area contributed by atoms with Gasteiger partial charge in [-0.15, -0.1) is 0 Å². The molecule has 0 bridgehead atoms. The first kappa shape index (κ1) is 20.2. The van der Waals surface area contributed by atoms with Gasteiger partial charge in [0.25, 0.3) is 0 Å². The van der Waals surface area contributed by atoms with Crippen molar-refractivity contribution in [2.24, 2.45) is 0 Å². The van der Waals surface area contributed by atoms with Gasteiger partial charge in [0.2, 0.25) is 0 Å². The first-order chi connectivity index (χ1) is 14.1. The molecule has 1 aromatic carbocycles. The Hall–Kier alpha value is -2.06. The molecule has 7 nitrogen and oxygen atoms in total. The SMILES string of the molecule is Cc1cc(N2CC[C@@](O)(CNCc3cccc(CN4CCOCC4)c3)C2)ncn1. The predicted molar refractivity (Wildman–Crippen MR) is 113 cm³/mol. The molecule has 4 rings (SSSR count). The fraction of sp³-hybridized carbons (Fsp3) is 0.545. The van der Waals surface area contributed by atoms with Crippen molar-refractivity contribution in [1.29, 1.82) is 0 Å². The van der Waals surface area contributed by atoms with Crippen molar-refractivity contribution in [2.45, 2.75) is 32.0 Å². The van der Waals surface area contributed by atoms with Crippen molar-refractivity contribution >= 4 is 5.82 Å². The number of benzene rings is 1. The number of hydrogen-bond acceptors (Lipinski definition) is 7. The third-order valence-electron chi connectivity index (χ3n) is 5.73. The molecule has 1 aromatic heterocycles. The maximum atomic E-state index is 11.0. The Labute approximate surface area is 172 Å². The van der Waals surface area contributed by atoms with E-state index in [9.17, 15) is 5.11 Å². The largest absolute Gasteiger partial charge is 0.387 e. The molecule has 29 heavy (non-hydrogen) atoms. The number of nitrogens with zero attached hydrogens (tertiary/aromatic N) is 4. The van der Waals surface area contributed by atoms with Gasteiger partial charge in [-0.25, -0.2) is 9.97 Å². The number of ether oxygens (including phenoxy) is 1. The molecule has 156 valence electrons. The zero-order valence-corrected chi connectivity index (χ0v) is 17.2. The number of nitrogens with one attached hydrogen (secondary N) is 1. The van der Waals surface area contributed by atoms with Crippen LogP contribution >= 0.6 is 0 Å². The Balaban J connectivity index is 1.27. The highest BCUT2D eigenvalue weighted by molar-refractivity contribution is 5.41. The molecule has 0 radical (unpaired) electrons. The minimum absolute atomic E-state index is 0.571. The highest BCUT2D eigenvalue weighted by Crippen LogP contribution is 2.25. The van der Waals surface area contributed by atoms with Crippen LogP contribution in [0.3, 0.4) is 0 Å². The third kappa shape index (κ3) is 5.51. The van der Waals surface area contributed by atoms with Gasteiger partial charge in [0.05, 0.1) is 18.8 Å². The molecule has 3 heterocycles. The van der Waals surface area contributed by atoms with Crippen LogP contribution in [0.4, 0.5) is 5.82 Å². The maximum absolute atomic E-state index is 11.0. The molecule has 2 N–H and O–H groups in total. The first-order valence-electron chi connectivity index (χ1n) is 10.4. The number of morpholine rings is 1. The average Bonchev–Trinajstić information content (AvgIpc) is 3.11. The van der Waals surface area contributed by atoms with E-state index < -0.39 is 5.60 Å². The van der Waals surface area contributed by atoms with Crippen LogP contribution in [-0.2, 0) is 17.8 Å². The summed E-state index contributed by atoms with van der Waals surface area (Å²) in [4.78, 5) is 13.1. The maximum Gasteiger partial charge on any atom is 0.132 e. The van der Waals surface area contributed by atoms with Crippen LogP contribution in [0.5, 0.6) is 0 Å². The van der Waals surface area contributed by atoms with Crippen LogP contribution in [0.15, 0.2) is 36.7 Å². The van der Waals surface area contributed by atoms with E-state index in [4.69, 9.17) is 4.74 Å². The van der Waals surface area contributed by atoms with Crippen LogP contribution < -0.4 is 10.2 Å². The second-order valence-corrected chi connectivity index (χ2v) is 8.23. The van der Waals surface area contributed by atoms with Crippen molar-refractivity contribution in [3.63, 3.8) is 0 Å². The van der Waals surface area contributed by atoms with E-state index in [2.05, 4.69) is 49.4 Å². The number of aromatic nitrogens is 2. The summed E-state index contributed by atoms with van der Waals surface area (Å²) in [5, 5.41) is 14.4. The molecule has 2 aliphatic heterocycles. The van der Waals surface area contributed by atoms with Crippen molar-refractivity contribution in [1.82, 2.24) is 20.2 Å². The molecular formula is C22H31N5O2. The molecule has 2 saturated heterocycles. The normalized spacial score (nSPS) is 22.9. The molecule has 0 saturated carbocycles. The molecule has 2 fully saturated rings. The van der Waals surface area contributed by atoms with Crippen molar-refractivity contribution in [3.05, 3.63) is 53.5 Å². The van der Waals surface area contributed by atoms with Crippen LogP contribution in [0.2, 0.25) is 0 Å². The Kier molecular flexibility index (Phi) is 6.40. The van der Waals surface area contributed by atoms with Gasteiger partial charge in [-0.3, -0.25) is 4.90 Å². The fourth-order valence-corrected chi connectivity index (χ4v) is 4.10. The van der Waals surface area contributed by atoms with Gasteiger partial charge in [-0.2, -0.15) is 0 Å². The Bertz CT molecular complexity index is 811. The predicted octanol–water partition coefficient (Wildman–Crippen LogP) is 1.35. The summed E-state index contributed by atoms with van der Waals surface area (Å²) in [6, 6.07) is 10.7. The summed E-state index contributed by atoms with van der Waals surface area (Å²) in [5.74, 6) is 0.893. The van der Waals surface area contributed by atoms with E-state index in [0.29, 0.717) is 13.1 Å². The van der Waals surface area contributed by atoms with Crippen LogP contribution in [-0.4, -0.2) is 71.5 Å². The minimum Gasteiger partial charge on any atom is -0.387 e. The number of β-amino-alcohol motifs (C(OH)–C–C–N with tert-alkyl or cyclic N) is 1. The summed E-state index contributed by atoms with van der Waals surface area (Å²) in [7, 11) is 0. The lowest BCUT2D eigenvalue weighted by molar-refractivity contribution is 0.0342. The van der Waals surface area contributed by atoms with Gasteiger partial charge in [-0.05, 0) is 24.5 Å². The van der Waals surface area contributed by atoms with Crippen molar-refractivity contribution in [2.75, 3.05) is 50.8 Å². The Morgan fingerprint density at radius 2 is 1.97 bits per heavy atom. The van der Waals surface area contributed by atoms with Crippen LogP contribution in [0, 0.1) is 6.92 Å². The molecule has 1 atom stereocenters. The number of aryl methyl sites for hydroxylation is 1. The Morgan fingerprint density at radius 3 is 2.79 bits per heavy atom. The smallest absolute Gasteiger partial charge is 0.132 e. The molecular weight excluding hydrogens is 366 g/mol. The average molecular weight is 398 g/mol. The molecule has 0 spiro atoms. The van der Waals surface area contributed by atoms with Crippen LogP contribution in [0.25, 0.3) is 0 Å². The minimum atomic E-state index is -0.732. The summed E-state index contributed by atoms with van der Waals surface area (Å²) in [6.07, 6.45) is 2.32. The number of hydrogen-bond donors (Lipinski definition) is 2. The monoisotopic (exact) mass is 397 g/mol. The molecule has 7 heteroatoms. The topological polar surface area (TPSA) is 73.8 Å². The highest BCUT2D eigenvalue weighted by atomic mass is 16.5. The van der Waals surface area contributed by atoms with Gasteiger partial charge in [0.1, 0.15) is 12.1 Å². The van der Waals surface area contributed by atoms with Crippen molar-refractivity contribution in [3.8, 4) is 0 Å². The molecule has 2 aliphatic rings. The van der Waals surface area contributed by atoms with E-state index in [0.717, 1.165) is 63.9 Å². The highest BCUT2D eigenvalue weighted by Gasteiger charge is 2.36. The standard InChI is InChI=1S/C22H31N5O2/c1-18-11-21(25-17-24-18)27-6-5-22(28,16-27)15-23-13-19-3-2-4-20(12-19)14-26-7-9-29-10-8-26/h2-4,11-12,17,23,28H,5-10,13-16H2,1H3/t22-/m1/s1. The van der Waals surface area contributed by atoms with Gasteiger partial charge in [0, 0.05) is 57.6 Å². The summed E-state index contributed by atoms with van der Waals surface area (Å²) in [6.45, 7) is 9.30. The second kappa shape index (κ2) is 9.17. The van der Waals surface area contributed by atoms with Gasteiger partial charge >= 0.3 is 0 Å². The number of aliphatic hydroxyl groups is 1. The first-order valence-corrected chi connectivity index (χ1v) is 10.4. The zero-order valence-electron chi connectivity index (χ0n) is 17.2. The quantitative estimate of drug-likeness (QED) is 0.731. The van der Waals surface area contributed by atoms with E-state index in [1.54, 1.807) is 6.33 Å². The van der Waals surface area contributed by atoms with Gasteiger partial charge in [0.15, 0.2) is 0 Å². The van der Waals surface area contributed by atoms with E-state index in [-0.39, 0.29) is 0 Å². The summed E-state index contributed by atoms with van der Waals surface area (Å²) >= 11 is 0. The van der Waals surface area contributed by atoms with E-state index >= 15 is 0 Å². The summed E-state index contributed by atoms with van der Waals surface area (Å²) < 4.78 is 5.43. The number of anilines is 1. The van der Waals surface area contributed by atoms with E-state index in [1.165, 1.54) is 11.1 Å². The molecule has 0 amide bonds. The third-order valence-corrected chi connectivity index (χ3v) is 5.73. The lowest BCUT2D eigenvalue weighted by Crippen LogP contribution is -2.43. The lowest BCUT2D eigenvalue weighted by Gasteiger charge is -2.26. The fourth-order valence-electron chi connectivity index (χ4n) is 4.10. The van der Waals surface area contributed by atoms with Gasteiger partial charge in [-0.1, -0.05) is 24.3 Å². The molecule has 2 aromatic rings. The van der Waals surface area contributed by atoms with Crippen molar-refractivity contribution < 1.29 is 9.84 Å². The lowest BCUT2D eigenvalue weighted by atomic mass is 10.0. The number of rotatable bonds is 7. The molecule has 0 aliphatic carbocycles. The molecule has 0 unspecified atom stereocenters. The summed E-state index contributed by atoms with van der Waals surface area (Å²) in [5.41, 5.74) is 2.79.